The van der Waals surface area contributed by atoms with E-state index in [9.17, 15) is 0 Å². The highest BCUT2D eigenvalue weighted by Gasteiger charge is 2.15. The summed E-state index contributed by atoms with van der Waals surface area (Å²) < 4.78 is 1.17. The molecule has 102 valence electrons. The molecule has 0 saturated heterocycles. The van der Waals surface area contributed by atoms with Gasteiger partial charge < -0.3 is 5.32 Å². The van der Waals surface area contributed by atoms with E-state index in [1.165, 1.54) is 9.35 Å². The number of likely N-dealkylation sites (N-methyl/N-ethyl adjacent to an activating group) is 1. The summed E-state index contributed by atoms with van der Waals surface area (Å²) in [5.41, 5.74) is 1.16. The molecule has 0 fully saturated rings. The van der Waals surface area contributed by atoms with Gasteiger partial charge in [-0.3, -0.25) is 0 Å². The molecular weight excluding hydrogens is 365 g/mol. The lowest BCUT2D eigenvalue weighted by Crippen LogP contribution is -2.22. The summed E-state index contributed by atoms with van der Waals surface area (Å²) in [5.74, 6) is 0. The number of hydrogen-bond acceptors (Lipinski definition) is 2. The molecule has 0 spiro atoms. The van der Waals surface area contributed by atoms with Gasteiger partial charge in [-0.2, -0.15) is 0 Å². The molecule has 0 radical (unpaired) electrons. The lowest BCUT2D eigenvalue weighted by molar-refractivity contribution is 0.553. The number of halogens is 3. The molecule has 2 aromatic rings. The molecule has 0 aliphatic rings. The largest absolute Gasteiger partial charge is 0.310 e. The average molecular weight is 379 g/mol. The van der Waals surface area contributed by atoms with Gasteiger partial charge in [0.05, 0.1) is 10.0 Å². The van der Waals surface area contributed by atoms with E-state index in [0.29, 0.717) is 10.0 Å². The normalized spacial score (nSPS) is 12.6. The van der Waals surface area contributed by atoms with E-state index in [-0.39, 0.29) is 6.04 Å². The van der Waals surface area contributed by atoms with Crippen molar-refractivity contribution in [2.75, 3.05) is 6.54 Å². The van der Waals surface area contributed by atoms with Gasteiger partial charge in [0.15, 0.2) is 0 Å². The molecule has 1 unspecified atom stereocenters. The second-order valence-electron chi connectivity index (χ2n) is 4.18. The first-order chi connectivity index (χ1) is 9.11. The van der Waals surface area contributed by atoms with Gasteiger partial charge in [-0.15, -0.1) is 11.3 Å². The van der Waals surface area contributed by atoms with Crippen LogP contribution in [0.1, 0.15) is 23.4 Å². The molecule has 0 aliphatic carbocycles. The van der Waals surface area contributed by atoms with Crippen LogP contribution in [0.15, 0.2) is 34.1 Å². The number of rotatable bonds is 5. The summed E-state index contributed by atoms with van der Waals surface area (Å²) in [6, 6.07) is 8.15. The van der Waals surface area contributed by atoms with Crippen molar-refractivity contribution in [3.63, 3.8) is 0 Å². The highest BCUT2D eigenvalue weighted by molar-refractivity contribution is 9.10. The fraction of sp³-hybridized carbons (Fsp3) is 0.286. The van der Waals surface area contributed by atoms with Crippen LogP contribution in [0.5, 0.6) is 0 Å². The van der Waals surface area contributed by atoms with E-state index in [1.54, 1.807) is 11.3 Å². The summed E-state index contributed by atoms with van der Waals surface area (Å²) in [6.07, 6.45) is 0.935. The Hall–Kier alpha value is -0.0600. The zero-order chi connectivity index (χ0) is 13.8. The summed E-state index contributed by atoms with van der Waals surface area (Å²) in [5, 5.41) is 6.79. The Balaban J connectivity index is 2.24. The zero-order valence-corrected chi connectivity index (χ0v) is 14.3. The SMILES string of the molecule is CCNC(Cc1sccc1Br)c1ccc(Cl)c(Cl)c1. The molecule has 19 heavy (non-hydrogen) atoms. The van der Waals surface area contributed by atoms with Gasteiger partial charge in [-0.1, -0.05) is 36.2 Å². The van der Waals surface area contributed by atoms with Crippen LogP contribution < -0.4 is 5.32 Å². The third-order valence-electron chi connectivity index (χ3n) is 2.88. The van der Waals surface area contributed by atoms with Gasteiger partial charge in [0.1, 0.15) is 0 Å². The van der Waals surface area contributed by atoms with Crippen LogP contribution in [0.3, 0.4) is 0 Å². The molecule has 2 rings (SSSR count). The van der Waals surface area contributed by atoms with Gasteiger partial charge in [-0.05, 0) is 51.6 Å². The van der Waals surface area contributed by atoms with Crippen molar-refractivity contribution in [1.29, 1.82) is 0 Å². The van der Waals surface area contributed by atoms with E-state index < -0.39 is 0 Å². The maximum absolute atomic E-state index is 6.10. The predicted molar refractivity (Wildman–Crippen MR) is 88.6 cm³/mol. The summed E-state index contributed by atoms with van der Waals surface area (Å²) in [7, 11) is 0. The maximum atomic E-state index is 6.10. The Morgan fingerprint density at radius 3 is 2.63 bits per heavy atom. The third kappa shape index (κ3) is 3.96. The smallest absolute Gasteiger partial charge is 0.0595 e. The van der Waals surface area contributed by atoms with Crippen molar-refractivity contribution in [1.82, 2.24) is 5.32 Å². The van der Waals surface area contributed by atoms with Crippen molar-refractivity contribution in [3.05, 3.63) is 54.6 Å². The molecule has 1 aromatic carbocycles. The Bertz CT molecular complexity index is 556. The first-order valence-corrected chi connectivity index (χ1v) is 8.45. The molecule has 0 amide bonds. The standard InChI is InChI=1S/C14H14BrCl2NS/c1-2-18-13(8-14-10(15)5-6-19-14)9-3-4-11(16)12(17)7-9/h3-7,13,18H,2,8H2,1H3. The Morgan fingerprint density at radius 2 is 2.05 bits per heavy atom. The van der Waals surface area contributed by atoms with Crippen LogP contribution in [0, 0.1) is 0 Å². The topological polar surface area (TPSA) is 12.0 Å². The van der Waals surface area contributed by atoms with Gasteiger partial charge in [-0.25, -0.2) is 0 Å². The van der Waals surface area contributed by atoms with Crippen LogP contribution in [0.4, 0.5) is 0 Å². The minimum absolute atomic E-state index is 0.245. The Labute approximate surface area is 136 Å². The Morgan fingerprint density at radius 1 is 1.26 bits per heavy atom. The minimum atomic E-state index is 0.245. The average Bonchev–Trinajstić information content (AvgIpc) is 2.78. The second kappa shape index (κ2) is 7.09. The molecule has 1 N–H and O–H groups in total. The van der Waals surface area contributed by atoms with Gasteiger partial charge in [0, 0.05) is 21.8 Å². The van der Waals surface area contributed by atoms with Crippen molar-refractivity contribution < 1.29 is 0 Å². The van der Waals surface area contributed by atoms with Crippen molar-refractivity contribution in [2.24, 2.45) is 0 Å². The van der Waals surface area contributed by atoms with Crippen molar-refractivity contribution >= 4 is 50.5 Å². The van der Waals surface area contributed by atoms with Gasteiger partial charge >= 0.3 is 0 Å². The fourth-order valence-corrected chi connectivity index (χ4v) is 3.81. The lowest BCUT2D eigenvalue weighted by Gasteiger charge is -2.18. The molecule has 1 atom stereocenters. The van der Waals surface area contributed by atoms with Crippen LogP contribution >= 0.6 is 50.5 Å². The predicted octanol–water partition coefficient (Wildman–Crippen LogP) is 5.71. The molecule has 5 heteroatoms. The molecule has 1 nitrogen and oxygen atoms in total. The molecule has 0 aliphatic heterocycles. The van der Waals surface area contributed by atoms with Crippen LogP contribution in [-0.4, -0.2) is 6.54 Å². The van der Waals surface area contributed by atoms with Crippen molar-refractivity contribution in [2.45, 2.75) is 19.4 Å². The van der Waals surface area contributed by atoms with Crippen LogP contribution in [0.25, 0.3) is 0 Å². The highest BCUT2D eigenvalue weighted by Crippen LogP contribution is 2.31. The molecule has 1 heterocycles. The highest BCUT2D eigenvalue weighted by atomic mass is 79.9. The first kappa shape index (κ1) is 15.3. The quantitative estimate of drug-likeness (QED) is 0.702. The molecule has 0 bridgehead atoms. The van der Waals surface area contributed by atoms with Crippen LogP contribution in [0.2, 0.25) is 10.0 Å². The van der Waals surface area contributed by atoms with E-state index in [2.05, 4.69) is 39.6 Å². The third-order valence-corrected chi connectivity index (χ3v) is 5.56. The van der Waals surface area contributed by atoms with Gasteiger partial charge in [0.25, 0.3) is 0 Å². The van der Waals surface area contributed by atoms with E-state index >= 15 is 0 Å². The zero-order valence-electron chi connectivity index (χ0n) is 10.4. The number of thiophene rings is 1. The van der Waals surface area contributed by atoms with E-state index in [1.807, 2.05) is 18.2 Å². The molecule has 0 saturated carbocycles. The summed E-state index contributed by atoms with van der Waals surface area (Å²) in [6.45, 7) is 3.02. The van der Waals surface area contributed by atoms with Gasteiger partial charge in [0.2, 0.25) is 0 Å². The summed E-state index contributed by atoms with van der Waals surface area (Å²) >= 11 is 17.4. The van der Waals surface area contributed by atoms with E-state index in [0.717, 1.165) is 18.5 Å². The molecule has 1 aromatic heterocycles. The van der Waals surface area contributed by atoms with Crippen molar-refractivity contribution in [3.8, 4) is 0 Å². The van der Waals surface area contributed by atoms with Crippen LogP contribution in [-0.2, 0) is 6.42 Å². The number of nitrogens with one attached hydrogen (secondary N) is 1. The number of benzene rings is 1. The second-order valence-corrected chi connectivity index (χ2v) is 6.85. The number of hydrogen-bond donors (Lipinski definition) is 1. The molecular formula is C14H14BrCl2NS. The monoisotopic (exact) mass is 377 g/mol. The Kier molecular flexibility index (Phi) is 5.72. The maximum Gasteiger partial charge on any atom is 0.0595 e. The first-order valence-electron chi connectivity index (χ1n) is 6.02. The fourth-order valence-electron chi connectivity index (χ4n) is 1.94. The summed E-state index contributed by atoms with van der Waals surface area (Å²) in [4.78, 5) is 1.33. The van der Waals surface area contributed by atoms with E-state index in [4.69, 9.17) is 23.2 Å². The lowest BCUT2D eigenvalue weighted by atomic mass is 10.0. The minimum Gasteiger partial charge on any atom is -0.310 e.